The van der Waals surface area contributed by atoms with Crippen molar-refractivity contribution >= 4 is 17.9 Å². The summed E-state index contributed by atoms with van der Waals surface area (Å²) in [6.45, 7) is 1.35. The number of hydrogen-bond donors (Lipinski definition) is 2. The Morgan fingerprint density at radius 3 is 2.89 bits per heavy atom. The Balaban J connectivity index is 1.48. The van der Waals surface area contributed by atoms with Gasteiger partial charge in [-0.1, -0.05) is 24.3 Å². The molecule has 142 valence electrons. The molecule has 2 N–H and O–H groups in total. The third kappa shape index (κ3) is 4.35. The highest BCUT2D eigenvalue weighted by molar-refractivity contribution is 5.81. The summed E-state index contributed by atoms with van der Waals surface area (Å²) in [5.74, 6) is -0.199. The first kappa shape index (κ1) is 19.1. The summed E-state index contributed by atoms with van der Waals surface area (Å²) in [6, 6.07) is 9.62. The third-order valence-corrected chi connectivity index (χ3v) is 5.03. The molecule has 0 spiro atoms. The molecular weight excluding hydrogens is 344 g/mol. The second kappa shape index (κ2) is 8.80. The SMILES string of the molecule is N#CC1CCCN1C(=O)CNCCC(=O)N1Cc2ccccc2C=C1CO. The maximum absolute atomic E-state index is 12.6. The van der Waals surface area contributed by atoms with Crippen molar-refractivity contribution in [2.45, 2.75) is 31.8 Å². The van der Waals surface area contributed by atoms with E-state index in [2.05, 4.69) is 11.4 Å². The van der Waals surface area contributed by atoms with Crippen LogP contribution in [0, 0.1) is 11.3 Å². The van der Waals surface area contributed by atoms with Gasteiger partial charge < -0.3 is 20.2 Å². The van der Waals surface area contributed by atoms with Crippen LogP contribution in [0.4, 0.5) is 0 Å². The molecular formula is C20H24N4O3. The van der Waals surface area contributed by atoms with Crippen LogP contribution in [-0.4, -0.2) is 59.0 Å². The maximum Gasteiger partial charge on any atom is 0.237 e. The van der Waals surface area contributed by atoms with Gasteiger partial charge in [0, 0.05) is 25.2 Å². The van der Waals surface area contributed by atoms with Crippen molar-refractivity contribution in [1.82, 2.24) is 15.1 Å². The molecule has 2 heterocycles. The van der Waals surface area contributed by atoms with Crippen molar-refractivity contribution in [3.05, 3.63) is 41.1 Å². The number of rotatable bonds is 6. The number of carbonyl (C=O) groups is 2. The monoisotopic (exact) mass is 368 g/mol. The number of aliphatic hydroxyl groups excluding tert-OH is 1. The highest BCUT2D eigenvalue weighted by Gasteiger charge is 2.28. The van der Waals surface area contributed by atoms with Crippen LogP contribution in [-0.2, 0) is 16.1 Å². The molecule has 2 amide bonds. The minimum absolute atomic E-state index is 0.0965. The number of fused-ring (bicyclic) bond motifs is 1. The van der Waals surface area contributed by atoms with Gasteiger partial charge in [0.15, 0.2) is 0 Å². The number of benzene rings is 1. The normalized spacial score (nSPS) is 18.7. The summed E-state index contributed by atoms with van der Waals surface area (Å²) in [7, 11) is 0. The Labute approximate surface area is 158 Å². The molecule has 1 fully saturated rings. The zero-order valence-electron chi connectivity index (χ0n) is 15.2. The highest BCUT2D eigenvalue weighted by Crippen LogP contribution is 2.24. The molecule has 27 heavy (non-hydrogen) atoms. The van der Waals surface area contributed by atoms with Gasteiger partial charge in [0.25, 0.3) is 0 Å². The molecule has 1 aromatic rings. The number of hydrogen-bond acceptors (Lipinski definition) is 5. The Kier molecular flexibility index (Phi) is 6.22. The second-order valence-corrected chi connectivity index (χ2v) is 6.77. The fourth-order valence-corrected chi connectivity index (χ4v) is 3.55. The standard InChI is InChI=1S/C20H24N4O3/c21-11-17-6-3-9-23(17)20(27)12-22-8-7-19(26)24-13-16-5-2-1-4-15(16)10-18(24)14-25/h1-2,4-5,10,17,22,25H,3,6-9,12-14H2. The number of aliphatic hydroxyl groups is 1. The molecule has 0 radical (unpaired) electrons. The quantitative estimate of drug-likeness (QED) is 0.726. The van der Waals surface area contributed by atoms with Gasteiger partial charge >= 0.3 is 0 Å². The highest BCUT2D eigenvalue weighted by atomic mass is 16.3. The molecule has 1 saturated heterocycles. The maximum atomic E-state index is 12.6. The summed E-state index contributed by atoms with van der Waals surface area (Å²) in [5, 5.41) is 21.6. The van der Waals surface area contributed by atoms with Crippen LogP contribution < -0.4 is 5.32 Å². The van der Waals surface area contributed by atoms with Crippen LogP contribution in [0.5, 0.6) is 0 Å². The van der Waals surface area contributed by atoms with Crippen LogP contribution in [0.1, 0.15) is 30.4 Å². The predicted molar refractivity (Wildman–Crippen MR) is 99.9 cm³/mol. The molecule has 3 rings (SSSR count). The van der Waals surface area contributed by atoms with E-state index in [0.717, 1.165) is 24.0 Å². The van der Waals surface area contributed by atoms with E-state index in [1.54, 1.807) is 9.80 Å². The lowest BCUT2D eigenvalue weighted by atomic mass is 10.0. The van der Waals surface area contributed by atoms with E-state index >= 15 is 0 Å². The fraction of sp³-hybridized carbons (Fsp3) is 0.450. The molecule has 2 aliphatic rings. The fourth-order valence-electron chi connectivity index (χ4n) is 3.55. The Morgan fingerprint density at radius 1 is 1.30 bits per heavy atom. The Hall–Kier alpha value is -2.69. The molecule has 0 bridgehead atoms. The van der Waals surface area contributed by atoms with Crippen LogP contribution in [0.2, 0.25) is 0 Å². The van der Waals surface area contributed by atoms with E-state index in [4.69, 9.17) is 5.26 Å². The van der Waals surface area contributed by atoms with Gasteiger partial charge in [0.1, 0.15) is 6.04 Å². The van der Waals surface area contributed by atoms with E-state index < -0.39 is 0 Å². The summed E-state index contributed by atoms with van der Waals surface area (Å²) in [5.41, 5.74) is 2.65. The number of carbonyl (C=O) groups excluding carboxylic acids is 2. The zero-order chi connectivity index (χ0) is 19.2. The number of likely N-dealkylation sites (tertiary alicyclic amines) is 1. The van der Waals surface area contributed by atoms with E-state index in [1.807, 2.05) is 30.3 Å². The molecule has 1 unspecified atom stereocenters. The molecule has 1 aromatic carbocycles. The van der Waals surface area contributed by atoms with Crippen LogP contribution >= 0.6 is 0 Å². The topological polar surface area (TPSA) is 96.7 Å². The van der Waals surface area contributed by atoms with Gasteiger partial charge in [-0.3, -0.25) is 9.59 Å². The first-order valence-electron chi connectivity index (χ1n) is 9.23. The van der Waals surface area contributed by atoms with Gasteiger partial charge in [-0.25, -0.2) is 0 Å². The minimum atomic E-state index is -0.327. The second-order valence-electron chi connectivity index (χ2n) is 6.77. The molecule has 1 atom stereocenters. The molecule has 0 aliphatic carbocycles. The van der Waals surface area contributed by atoms with Gasteiger partial charge in [-0.15, -0.1) is 0 Å². The van der Waals surface area contributed by atoms with Crippen molar-refractivity contribution in [3.8, 4) is 6.07 Å². The predicted octanol–water partition coefficient (Wildman–Crippen LogP) is 0.856. The van der Waals surface area contributed by atoms with E-state index in [-0.39, 0.29) is 37.4 Å². The molecule has 0 saturated carbocycles. The summed E-state index contributed by atoms with van der Waals surface area (Å²) >= 11 is 0. The number of nitriles is 1. The largest absolute Gasteiger partial charge is 0.390 e. The lowest BCUT2D eigenvalue weighted by molar-refractivity contribution is -0.132. The van der Waals surface area contributed by atoms with Crippen LogP contribution in [0.25, 0.3) is 6.08 Å². The van der Waals surface area contributed by atoms with E-state index in [0.29, 0.717) is 25.3 Å². The van der Waals surface area contributed by atoms with Crippen molar-refractivity contribution in [2.75, 3.05) is 26.2 Å². The third-order valence-electron chi connectivity index (χ3n) is 5.03. The van der Waals surface area contributed by atoms with Crippen molar-refractivity contribution in [3.63, 3.8) is 0 Å². The molecule has 0 aromatic heterocycles. The van der Waals surface area contributed by atoms with E-state index in [1.165, 1.54) is 0 Å². The average molecular weight is 368 g/mol. The average Bonchev–Trinajstić information content (AvgIpc) is 3.18. The first-order chi connectivity index (χ1) is 13.1. The molecule has 7 heteroatoms. The zero-order valence-corrected chi connectivity index (χ0v) is 15.2. The van der Waals surface area contributed by atoms with Gasteiger partial charge in [0.2, 0.25) is 11.8 Å². The van der Waals surface area contributed by atoms with Crippen LogP contribution in [0.3, 0.4) is 0 Å². The summed E-state index contributed by atoms with van der Waals surface area (Å²) in [4.78, 5) is 27.9. The Morgan fingerprint density at radius 2 is 2.11 bits per heavy atom. The molecule has 2 aliphatic heterocycles. The minimum Gasteiger partial charge on any atom is -0.390 e. The van der Waals surface area contributed by atoms with Crippen molar-refractivity contribution in [2.24, 2.45) is 0 Å². The van der Waals surface area contributed by atoms with Gasteiger partial charge in [-0.05, 0) is 30.0 Å². The first-order valence-corrected chi connectivity index (χ1v) is 9.23. The Bertz CT molecular complexity index is 784. The van der Waals surface area contributed by atoms with Gasteiger partial charge in [0.05, 0.1) is 25.8 Å². The van der Waals surface area contributed by atoms with Crippen molar-refractivity contribution < 1.29 is 14.7 Å². The number of nitrogens with one attached hydrogen (secondary N) is 1. The number of amides is 2. The summed E-state index contributed by atoms with van der Waals surface area (Å²) < 4.78 is 0. The lowest BCUT2D eigenvalue weighted by Crippen LogP contribution is -2.41. The molecule has 7 nitrogen and oxygen atoms in total. The van der Waals surface area contributed by atoms with Crippen LogP contribution in [0.15, 0.2) is 30.0 Å². The lowest BCUT2D eigenvalue weighted by Gasteiger charge is -2.29. The van der Waals surface area contributed by atoms with Gasteiger partial charge in [-0.2, -0.15) is 5.26 Å². The smallest absolute Gasteiger partial charge is 0.237 e. The summed E-state index contributed by atoms with van der Waals surface area (Å²) in [6.07, 6.45) is 3.65. The van der Waals surface area contributed by atoms with E-state index in [9.17, 15) is 14.7 Å². The number of nitrogens with zero attached hydrogens (tertiary/aromatic N) is 3. The van der Waals surface area contributed by atoms with Crippen molar-refractivity contribution in [1.29, 1.82) is 5.26 Å².